The van der Waals surface area contributed by atoms with Gasteiger partial charge in [-0.05, 0) is 19.3 Å². The van der Waals surface area contributed by atoms with Gasteiger partial charge in [0.15, 0.2) is 0 Å². The third-order valence-electron chi connectivity index (χ3n) is 1.78. The maximum atomic E-state index is 5.14. The molecule has 0 radical (unpaired) electrons. The molecule has 11 heavy (non-hydrogen) atoms. The normalized spacial score (nSPS) is 12.5. The molecule has 1 atom stereocenters. The number of unbranched alkanes of at least 4 members (excludes halogenated alkanes) is 3. The molecule has 0 heterocycles. The average Bonchev–Trinajstić information content (AvgIpc) is 2.04. The van der Waals surface area contributed by atoms with Gasteiger partial charge in [0.2, 0.25) is 0 Å². The molecule has 0 saturated carbocycles. The van der Waals surface area contributed by atoms with Gasteiger partial charge >= 0.3 is 0 Å². The van der Waals surface area contributed by atoms with Crippen LogP contribution in [0.2, 0.25) is 0 Å². The molecule has 0 aliphatic heterocycles. The van der Waals surface area contributed by atoms with Crippen LogP contribution >= 0.6 is 15.9 Å². The molecular weight excluding hydrogens is 200 g/mol. The SMILES string of the molecule is C#CCCCCCC(Br)CC. The van der Waals surface area contributed by atoms with Gasteiger partial charge in [-0.25, -0.2) is 0 Å². The second-order valence-electron chi connectivity index (χ2n) is 2.81. The lowest BCUT2D eigenvalue weighted by molar-refractivity contribution is 0.628. The summed E-state index contributed by atoms with van der Waals surface area (Å²) in [6.07, 6.45) is 12.4. The first kappa shape index (κ1) is 11.0. The molecule has 0 rings (SSSR count). The van der Waals surface area contributed by atoms with E-state index < -0.39 is 0 Å². The highest BCUT2D eigenvalue weighted by Gasteiger charge is 1.98. The number of alkyl halides is 1. The molecule has 0 aromatic heterocycles. The van der Waals surface area contributed by atoms with Crippen LogP contribution in [0.4, 0.5) is 0 Å². The molecule has 0 amide bonds. The van der Waals surface area contributed by atoms with E-state index in [2.05, 4.69) is 28.8 Å². The monoisotopic (exact) mass is 216 g/mol. The molecule has 0 fully saturated rings. The number of hydrogen-bond acceptors (Lipinski definition) is 0. The summed E-state index contributed by atoms with van der Waals surface area (Å²) in [7, 11) is 0. The lowest BCUT2D eigenvalue weighted by Crippen LogP contribution is -1.93. The first-order chi connectivity index (χ1) is 5.31. The lowest BCUT2D eigenvalue weighted by atomic mass is 10.1. The van der Waals surface area contributed by atoms with E-state index >= 15 is 0 Å². The Bertz CT molecular complexity index is 113. The summed E-state index contributed by atoms with van der Waals surface area (Å²) in [4.78, 5) is 0.716. The van der Waals surface area contributed by atoms with Crippen molar-refractivity contribution in [3.8, 4) is 12.3 Å². The van der Waals surface area contributed by atoms with E-state index in [-0.39, 0.29) is 0 Å². The standard InChI is InChI=1S/C10H17Br/c1-3-5-6-7-8-9-10(11)4-2/h1,10H,4-9H2,2H3. The molecule has 0 aromatic carbocycles. The Kier molecular flexibility index (Phi) is 8.17. The van der Waals surface area contributed by atoms with Crippen molar-refractivity contribution in [2.75, 3.05) is 0 Å². The molecule has 1 unspecified atom stereocenters. The van der Waals surface area contributed by atoms with E-state index in [0.717, 1.165) is 6.42 Å². The Morgan fingerprint density at radius 1 is 1.36 bits per heavy atom. The Labute approximate surface area is 78.9 Å². The highest BCUT2D eigenvalue weighted by molar-refractivity contribution is 9.09. The topological polar surface area (TPSA) is 0 Å². The van der Waals surface area contributed by atoms with Gasteiger partial charge in [0.05, 0.1) is 0 Å². The summed E-state index contributed by atoms with van der Waals surface area (Å²) in [6.45, 7) is 2.21. The highest BCUT2D eigenvalue weighted by atomic mass is 79.9. The van der Waals surface area contributed by atoms with E-state index in [1.165, 1.54) is 32.1 Å². The minimum atomic E-state index is 0.716. The van der Waals surface area contributed by atoms with Crippen molar-refractivity contribution in [3.63, 3.8) is 0 Å². The van der Waals surface area contributed by atoms with Crippen LogP contribution in [0, 0.1) is 12.3 Å². The van der Waals surface area contributed by atoms with E-state index in [0.29, 0.717) is 4.83 Å². The maximum absolute atomic E-state index is 5.14. The summed E-state index contributed by atoms with van der Waals surface area (Å²) in [5.41, 5.74) is 0. The molecule has 64 valence electrons. The molecule has 0 nitrogen and oxygen atoms in total. The van der Waals surface area contributed by atoms with Gasteiger partial charge in [-0.2, -0.15) is 0 Å². The molecule has 1 heteroatoms. The zero-order chi connectivity index (χ0) is 8.53. The van der Waals surface area contributed by atoms with Crippen LogP contribution in [0.25, 0.3) is 0 Å². The zero-order valence-corrected chi connectivity index (χ0v) is 8.86. The van der Waals surface area contributed by atoms with Gasteiger partial charge in [-0.3, -0.25) is 0 Å². The van der Waals surface area contributed by atoms with Crippen LogP contribution < -0.4 is 0 Å². The molecule has 0 saturated heterocycles. The third-order valence-corrected chi connectivity index (χ3v) is 2.89. The summed E-state index contributed by atoms with van der Waals surface area (Å²) in [5, 5.41) is 0. The minimum absolute atomic E-state index is 0.716. The second kappa shape index (κ2) is 8.14. The van der Waals surface area contributed by atoms with E-state index in [9.17, 15) is 0 Å². The number of terminal acetylenes is 1. The third kappa shape index (κ3) is 7.94. The maximum Gasteiger partial charge on any atom is 0.0143 e. The van der Waals surface area contributed by atoms with Crippen molar-refractivity contribution in [3.05, 3.63) is 0 Å². The summed E-state index contributed by atoms with van der Waals surface area (Å²) < 4.78 is 0. The fourth-order valence-corrected chi connectivity index (χ4v) is 1.30. The first-order valence-corrected chi connectivity index (χ1v) is 5.30. The summed E-state index contributed by atoms with van der Waals surface area (Å²) in [6, 6.07) is 0. The zero-order valence-electron chi connectivity index (χ0n) is 7.28. The largest absolute Gasteiger partial charge is 0.120 e. The molecule has 0 spiro atoms. The van der Waals surface area contributed by atoms with Gasteiger partial charge in [-0.15, -0.1) is 12.3 Å². The molecular formula is C10H17Br. The number of rotatable bonds is 6. The van der Waals surface area contributed by atoms with Gasteiger partial charge in [0.25, 0.3) is 0 Å². The predicted molar refractivity (Wildman–Crippen MR) is 54.9 cm³/mol. The Balaban J connectivity index is 2.97. The van der Waals surface area contributed by atoms with E-state index in [4.69, 9.17) is 6.42 Å². The van der Waals surface area contributed by atoms with Crippen molar-refractivity contribution >= 4 is 15.9 Å². The van der Waals surface area contributed by atoms with Gasteiger partial charge in [-0.1, -0.05) is 35.7 Å². The van der Waals surface area contributed by atoms with Gasteiger partial charge in [0.1, 0.15) is 0 Å². The van der Waals surface area contributed by atoms with Crippen LogP contribution in [0.3, 0.4) is 0 Å². The fraction of sp³-hybridized carbons (Fsp3) is 0.800. The summed E-state index contributed by atoms with van der Waals surface area (Å²) >= 11 is 3.61. The van der Waals surface area contributed by atoms with Crippen molar-refractivity contribution in [1.29, 1.82) is 0 Å². The molecule has 0 aromatic rings. The first-order valence-electron chi connectivity index (χ1n) is 4.38. The minimum Gasteiger partial charge on any atom is -0.120 e. The Morgan fingerprint density at radius 2 is 2.09 bits per heavy atom. The van der Waals surface area contributed by atoms with Gasteiger partial charge < -0.3 is 0 Å². The van der Waals surface area contributed by atoms with Crippen molar-refractivity contribution in [1.82, 2.24) is 0 Å². The molecule has 0 aliphatic carbocycles. The van der Waals surface area contributed by atoms with E-state index in [1.54, 1.807) is 0 Å². The quantitative estimate of drug-likeness (QED) is 0.361. The van der Waals surface area contributed by atoms with E-state index in [1.807, 2.05) is 0 Å². The lowest BCUT2D eigenvalue weighted by Gasteiger charge is -2.04. The number of hydrogen-bond donors (Lipinski definition) is 0. The average molecular weight is 217 g/mol. The fourth-order valence-electron chi connectivity index (χ4n) is 0.974. The van der Waals surface area contributed by atoms with Crippen LogP contribution in [-0.4, -0.2) is 4.83 Å². The van der Waals surface area contributed by atoms with Crippen molar-refractivity contribution in [2.45, 2.75) is 50.3 Å². The van der Waals surface area contributed by atoms with Crippen LogP contribution in [0.1, 0.15) is 45.4 Å². The smallest absolute Gasteiger partial charge is 0.0143 e. The number of halogens is 1. The predicted octanol–water partition coefficient (Wildman–Crippen LogP) is 3.74. The molecule has 0 N–H and O–H groups in total. The van der Waals surface area contributed by atoms with Crippen LogP contribution in [-0.2, 0) is 0 Å². The van der Waals surface area contributed by atoms with Gasteiger partial charge in [0, 0.05) is 11.2 Å². The Hall–Kier alpha value is 0.0400. The highest BCUT2D eigenvalue weighted by Crippen LogP contribution is 2.14. The molecule has 0 aliphatic rings. The van der Waals surface area contributed by atoms with Crippen LogP contribution in [0.15, 0.2) is 0 Å². The second-order valence-corrected chi connectivity index (χ2v) is 4.10. The van der Waals surface area contributed by atoms with Crippen molar-refractivity contribution in [2.24, 2.45) is 0 Å². The molecule has 0 bridgehead atoms. The van der Waals surface area contributed by atoms with Crippen LogP contribution in [0.5, 0.6) is 0 Å². The van der Waals surface area contributed by atoms with Crippen molar-refractivity contribution < 1.29 is 0 Å². The Morgan fingerprint density at radius 3 is 2.64 bits per heavy atom. The summed E-state index contributed by atoms with van der Waals surface area (Å²) in [5.74, 6) is 2.66.